The van der Waals surface area contributed by atoms with E-state index in [4.69, 9.17) is 14.2 Å². The predicted octanol–water partition coefficient (Wildman–Crippen LogP) is 3.65. The van der Waals surface area contributed by atoms with E-state index in [1.54, 1.807) is 0 Å². The number of carbonyl (C=O) groups excluding carboxylic acids is 2. The molecule has 1 aromatic rings. The van der Waals surface area contributed by atoms with Crippen molar-refractivity contribution < 1.29 is 23.8 Å². The molecular formula is C23H35NO5. The van der Waals surface area contributed by atoms with Crippen molar-refractivity contribution in [3.63, 3.8) is 0 Å². The molecule has 1 fully saturated rings. The van der Waals surface area contributed by atoms with E-state index in [-0.39, 0.29) is 12.6 Å². The van der Waals surface area contributed by atoms with Crippen LogP contribution < -0.4 is 5.32 Å². The summed E-state index contributed by atoms with van der Waals surface area (Å²) in [4.78, 5) is 26.2. The Balaban J connectivity index is 2.53. The van der Waals surface area contributed by atoms with Gasteiger partial charge in [-0.05, 0) is 47.1 Å². The van der Waals surface area contributed by atoms with E-state index in [0.29, 0.717) is 0 Å². The maximum Gasteiger partial charge on any atom is 0.329 e. The molecule has 0 radical (unpaired) electrons. The summed E-state index contributed by atoms with van der Waals surface area (Å²) in [5, 5.41) is 3.43. The van der Waals surface area contributed by atoms with Gasteiger partial charge in [0.2, 0.25) is 0 Å². The molecule has 0 unspecified atom stereocenters. The van der Waals surface area contributed by atoms with Crippen molar-refractivity contribution in [3.8, 4) is 0 Å². The van der Waals surface area contributed by atoms with Gasteiger partial charge in [-0.15, -0.1) is 0 Å². The van der Waals surface area contributed by atoms with Crippen LogP contribution in [0.2, 0.25) is 0 Å². The van der Waals surface area contributed by atoms with Gasteiger partial charge in [0.1, 0.15) is 11.1 Å². The zero-order chi connectivity index (χ0) is 22.0. The van der Waals surface area contributed by atoms with Gasteiger partial charge in [-0.2, -0.15) is 0 Å². The Morgan fingerprint density at radius 3 is 2.10 bits per heavy atom. The molecule has 1 N–H and O–H groups in total. The van der Waals surface area contributed by atoms with E-state index < -0.39 is 40.6 Å². The van der Waals surface area contributed by atoms with Crippen LogP contribution in [0, 0.1) is 11.8 Å². The first-order valence-corrected chi connectivity index (χ1v) is 10.1. The summed E-state index contributed by atoms with van der Waals surface area (Å²) < 4.78 is 16.9. The van der Waals surface area contributed by atoms with E-state index in [1.165, 1.54) is 7.11 Å². The smallest absolute Gasteiger partial charge is 0.329 e. The third-order valence-corrected chi connectivity index (χ3v) is 5.22. The summed E-state index contributed by atoms with van der Waals surface area (Å²) in [5.41, 5.74) is -1.39. The predicted molar refractivity (Wildman–Crippen MR) is 111 cm³/mol. The molecule has 1 saturated heterocycles. The lowest BCUT2D eigenvalue weighted by Crippen LogP contribution is -2.58. The summed E-state index contributed by atoms with van der Waals surface area (Å²) in [6.45, 7) is 13.3. The molecule has 0 aromatic heterocycles. The van der Waals surface area contributed by atoms with Gasteiger partial charge in [0.15, 0.2) is 0 Å². The third-order valence-electron chi connectivity index (χ3n) is 5.22. The van der Waals surface area contributed by atoms with Gasteiger partial charge >= 0.3 is 11.9 Å². The van der Waals surface area contributed by atoms with Gasteiger partial charge in [0, 0.05) is 12.0 Å². The zero-order valence-corrected chi connectivity index (χ0v) is 18.9. The molecule has 1 aliphatic rings. The standard InChI is InChI=1S/C23H35NO5/c1-15-17(19(25)27-8)18(16-12-10-9-11-13-16)24-23(15,14-28-21(2,3)4)20(26)29-22(5,6)7/h9-13,15,17-18,24H,14H2,1-8H3/t15-,17-,18-,23-/m1/s1. The maximum atomic E-state index is 13.4. The van der Waals surface area contributed by atoms with Crippen LogP contribution in [0.25, 0.3) is 0 Å². The lowest BCUT2D eigenvalue weighted by Gasteiger charge is -2.37. The van der Waals surface area contributed by atoms with Crippen LogP contribution in [0.5, 0.6) is 0 Å². The average Bonchev–Trinajstić information content (AvgIpc) is 2.92. The van der Waals surface area contributed by atoms with E-state index in [9.17, 15) is 9.59 Å². The molecule has 0 aliphatic carbocycles. The number of methoxy groups -OCH3 is 1. The largest absolute Gasteiger partial charge is 0.469 e. The first-order chi connectivity index (χ1) is 13.3. The lowest BCUT2D eigenvalue weighted by atomic mass is 9.79. The minimum atomic E-state index is -1.18. The Hall–Kier alpha value is -1.92. The second-order valence-corrected chi connectivity index (χ2v) is 9.74. The Bertz CT molecular complexity index is 719. The van der Waals surface area contributed by atoms with E-state index in [2.05, 4.69) is 5.32 Å². The SMILES string of the molecule is COC(=O)[C@H]1[C@@H](c2ccccc2)N[C@@](COC(C)(C)C)(C(=O)OC(C)(C)C)[C@@H]1C. The lowest BCUT2D eigenvalue weighted by molar-refractivity contribution is -0.171. The summed E-state index contributed by atoms with van der Waals surface area (Å²) >= 11 is 0. The first kappa shape index (κ1) is 23.4. The summed E-state index contributed by atoms with van der Waals surface area (Å²) in [7, 11) is 1.37. The number of benzene rings is 1. The van der Waals surface area contributed by atoms with Crippen LogP contribution in [0.1, 0.15) is 60.1 Å². The van der Waals surface area contributed by atoms with Crippen molar-refractivity contribution in [2.24, 2.45) is 11.8 Å². The Kier molecular flexibility index (Phi) is 6.80. The van der Waals surface area contributed by atoms with Crippen LogP contribution in [-0.2, 0) is 23.8 Å². The van der Waals surface area contributed by atoms with Crippen molar-refractivity contribution >= 4 is 11.9 Å². The molecule has 1 aromatic carbocycles. The fourth-order valence-corrected chi connectivity index (χ4v) is 3.70. The number of esters is 2. The normalized spacial score (nSPS) is 27.5. The van der Waals surface area contributed by atoms with Crippen molar-refractivity contribution in [2.45, 2.75) is 71.2 Å². The molecule has 0 amide bonds. The first-order valence-electron chi connectivity index (χ1n) is 10.1. The van der Waals surface area contributed by atoms with Crippen molar-refractivity contribution in [3.05, 3.63) is 35.9 Å². The number of ether oxygens (including phenoxy) is 3. The topological polar surface area (TPSA) is 73.9 Å². The monoisotopic (exact) mass is 405 g/mol. The number of hydrogen-bond donors (Lipinski definition) is 1. The maximum absolute atomic E-state index is 13.4. The molecule has 0 spiro atoms. The van der Waals surface area contributed by atoms with Crippen molar-refractivity contribution in [1.82, 2.24) is 5.32 Å². The summed E-state index contributed by atoms with van der Waals surface area (Å²) in [5.74, 6) is -1.75. The minimum Gasteiger partial charge on any atom is -0.469 e. The Morgan fingerprint density at radius 2 is 1.62 bits per heavy atom. The van der Waals surface area contributed by atoms with Gasteiger partial charge in [-0.3, -0.25) is 10.1 Å². The minimum absolute atomic E-state index is 0.0867. The van der Waals surface area contributed by atoms with Crippen molar-refractivity contribution in [1.29, 1.82) is 0 Å². The molecule has 4 atom stereocenters. The number of carbonyl (C=O) groups is 2. The van der Waals surface area contributed by atoms with Crippen LogP contribution in [0.15, 0.2) is 30.3 Å². The fraction of sp³-hybridized carbons (Fsp3) is 0.652. The number of hydrogen-bond acceptors (Lipinski definition) is 6. The molecular weight excluding hydrogens is 370 g/mol. The van der Waals surface area contributed by atoms with Gasteiger partial charge < -0.3 is 14.2 Å². The molecule has 2 rings (SSSR count). The molecule has 1 aliphatic heterocycles. The average molecular weight is 406 g/mol. The molecule has 0 bridgehead atoms. The second-order valence-electron chi connectivity index (χ2n) is 9.74. The highest BCUT2D eigenvalue weighted by Gasteiger charge is 2.60. The fourth-order valence-electron chi connectivity index (χ4n) is 3.70. The summed E-state index contributed by atoms with van der Waals surface area (Å²) in [6, 6.07) is 9.23. The van der Waals surface area contributed by atoms with Crippen LogP contribution in [0.3, 0.4) is 0 Å². The van der Waals surface area contributed by atoms with E-state index in [1.807, 2.05) is 78.8 Å². The van der Waals surface area contributed by atoms with Gasteiger partial charge in [-0.25, -0.2) is 4.79 Å². The highest BCUT2D eigenvalue weighted by molar-refractivity contribution is 5.86. The second kappa shape index (κ2) is 8.44. The van der Waals surface area contributed by atoms with E-state index in [0.717, 1.165) is 5.56 Å². The molecule has 0 saturated carbocycles. The quantitative estimate of drug-likeness (QED) is 0.754. The zero-order valence-electron chi connectivity index (χ0n) is 18.9. The van der Waals surface area contributed by atoms with Gasteiger partial charge in [0.05, 0.1) is 25.2 Å². The van der Waals surface area contributed by atoms with Gasteiger partial charge in [-0.1, -0.05) is 37.3 Å². The number of nitrogens with one attached hydrogen (secondary N) is 1. The molecule has 6 heteroatoms. The highest BCUT2D eigenvalue weighted by Crippen LogP contribution is 2.45. The van der Waals surface area contributed by atoms with E-state index >= 15 is 0 Å². The van der Waals surface area contributed by atoms with Crippen LogP contribution in [0.4, 0.5) is 0 Å². The molecule has 29 heavy (non-hydrogen) atoms. The Morgan fingerprint density at radius 1 is 1.03 bits per heavy atom. The summed E-state index contributed by atoms with van der Waals surface area (Å²) in [6.07, 6.45) is 0. The van der Waals surface area contributed by atoms with Crippen molar-refractivity contribution in [2.75, 3.05) is 13.7 Å². The number of rotatable bonds is 5. The molecule has 1 heterocycles. The van der Waals surface area contributed by atoms with Crippen LogP contribution in [-0.4, -0.2) is 42.4 Å². The van der Waals surface area contributed by atoms with Gasteiger partial charge in [0.25, 0.3) is 0 Å². The third kappa shape index (κ3) is 5.37. The molecule has 162 valence electrons. The molecule has 6 nitrogen and oxygen atoms in total. The van der Waals surface area contributed by atoms with Crippen LogP contribution >= 0.6 is 0 Å². The highest BCUT2D eigenvalue weighted by atomic mass is 16.6. The Labute approximate surface area is 174 Å².